The molecule has 138 valence electrons. The minimum atomic E-state index is -0.113. The molecule has 2 amide bonds. The number of likely N-dealkylation sites (N-methyl/N-ethyl adjacent to an activating group) is 1. The lowest BCUT2D eigenvalue weighted by molar-refractivity contribution is -0.121. The van der Waals surface area contributed by atoms with Gasteiger partial charge in [-0.15, -0.1) is 0 Å². The summed E-state index contributed by atoms with van der Waals surface area (Å²) in [6, 6.07) is 1.93. The van der Waals surface area contributed by atoms with Crippen LogP contribution in [0.15, 0.2) is 6.07 Å². The third-order valence-corrected chi connectivity index (χ3v) is 5.67. The highest BCUT2D eigenvalue weighted by Crippen LogP contribution is 2.31. The molecule has 2 aliphatic rings. The third-order valence-electron chi connectivity index (χ3n) is 5.67. The Labute approximate surface area is 149 Å². The molecular formula is C18H29N5O2. The highest BCUT2D eigenvalue weighted by Gasteiger charge is 2.42. The standard InChI is InChI=1S/C18H29N5O2/c1-4-5-14-12-15(22(3)20-14)17(25)23-11-10-21(2)18(13-23)7-6-16(24)19-9-8-18/h12H,4-11,13H2,1-3H3,(H,19,24)/t18-/m0/s1. The van der Waals surface area contributed by atoms with Gasteiger partial charge in [0.1, 0.15) is 5.69 Å². The van der Waals surface area contributed by atoms with E-state index in [4.69, 9.17) is 0 Å². The number of rotatable bonds is 3. The monoisotopic (exact) mass is 347 g/mol. The average molecular weight is 347 g/mol. The molecule has 1 aromatic rings. The van der Waals surface area contributed by atoms with Crippen molar-refractivity contribution in [1.29, 1.82) is 0 Å². The Kier molecular flexibility index (Phi) is 5.13. The normalized spacial score (nSPS) is 25.1. The summed E-state index contributed by atoms with van der Waals surface area (Å²) in [5.74, 6) is 0.165. The van der Waals surface area contributed by atoms with Crippen LogP contribution in [0.5, 0.6) is 0 Å². The summed E-state index contributed by atoms with van der Waals surface area (Å²) in [6.45, 7) is 5.01. The van der Waals surface area contributed by atoms with E-state index in [1.54, 1.807) is 4.68 Å². The Hall–Kier alpha value is -1.89. The van der Waals surface area contributed by atoms with Crippen molar-refractivity contribution in [2.24, 2.45) is 7.05 Å². The van der Waals surface area contributed by atoms with Crippen LogP contribution in [0.1, 0.15) is 48.8 Å². The molecule has 0 unspecified atom stereocenters. The van der Waals surface area contributed by atoms with Crippen LogP contribution in [0.4, 0.5) is 0 Å². The summed E-state index contributed by atoms with van der Waals surface area (Å²) in [7, 11) is 3.95. The van der Waals surface area contributed by atoms with Crippen molar-refractivity contribution in [3.63, 3.8) is 0 Å². The van der Waals surface area contributed by atoms with Crippen molar-refractivity contribution in [3.8, 4) is 0 Å². The van der Waals surface area contributed by atoms with E-state index < -0.39 is 0 Å². The second kappa shape index (κ2) is 7.15. The first-order valence-electron chi connectivity index (χ1n) is 9.25. The molecule has 1 spiro atoms. The van der Waals surface area contributed by atoms with Crippen LogP contribution >= 0.6 is 0 Å². The van der Waals surface area contributed by atoms with Gasteiger partial charge in [-0.2, -0.15) is 5.10 Å². The topological polar surface area (TPSA) is 70.5 Å². The molecule has 2 fully saturated rings. The predicted molar refractivity (Wildman–Crippen MR) is 95.3 cm³/mol. The van der Waals surface area contributed by atoms with Crippen LogP contribution in [-0.2, 0) is 18.3 Å². The molecule has 0 radical (unpaired) electrons. The van der Waals surface area contributed by atoms with Crippen LogP contribution in [0.3, 0.4) is 0 Å². The molecule has 3 rings (SSSR count). The fraction of sp³-hybridized carbons (Fsp3) is 0.722. The van der Waals surface area contributed by atoms with E-state index in [9.17, 15) is 9.59 Å². The lowest BCUT2D eigenvalue weighted by atomic mass is 9.86. The average Bonchev–Trinajstić information content (AvgIpc) is 2.84. The van der Waals surface area contributed by atoms with Gasteiger partial charge in [0.05, 0.1) is 5.69 Å². The number of aryl methyl sites for hydroxylation is 2. The Bertz CT molecular complexity index is 656. The van der Waals surface area contributed by atoms with Crippen molar-refractivity contribution < 1.29 is 9.59 Å². The maximum atomic E-state index is 13.1. The van der Waals surface area contributed by atoms with Crippen molar-refractivity contribution in [3.05, 3.63) is 17.5 Å². The Balaban J connectivity index is 1.78. The number of hydrogen-bond acceptors (Lipinski definition) is 4. The van der Waals surface area contributed by atoms with Crippen LogP contribution in [-0.4, -0.2) is 70.2 Å². The molecule has 2 saturated heterocycles. The summed E-state index contributed by atoms with van der Waals surface area (Å²) in [6.07, 6.45) is 4.11. The number of nitrogens with one attached hydrogen (secondary N) is 1. The molecule has 1 N–H and O–H groups in total. The van der Waals surface area contributed by atoms with E-state index in [0.717, 1.165) is 37.9 Å². The smallest absolute Gasteiger partial charge is 0.272 e. The molecule has 25 heavy (non-hydrogen) atoms. The van der Waals surface area contributed by atoms with Gasteiger partial charge in [0, 0.05) is 45.2 Å². The number of hydrogen-bond donors (Lipinski definition) is 1. The minimum absolute atomic E-state index is 0.0494. The molecule has 7 heteroatoms. The van der Waals surface area contributed by atoms with Gasteiger partial charge in [-0.1, -0.05) is 13.3 Å². The number of nitrogens with zero attached hydrogens (tertiary/aromatic N) is 4. The van der Waals surface area contributed by atoms with E-state index in [1.807, 2.05) is 18.0 Å². The molecular weight excluding hydrogens is 318 g/mol. The number of carbonyl (C=O) groups is 2. The minimum Gasteiger partial charge on any atom is -0.356 e. The van der Waals surface area contributed by atoms with E-state index in [1.165, 1.54) is 0 Å². The first kappa shape index (κ1) is 17.9. The maximum Gasteiger partial charge on any atom is 0.272 e. The van der Waals surface area contributed by atoms with E-state index in [0.29, 0.717) is 31.7 Å². The number of piperazine rings is 1. The van der Waals surface area contributed by atoms with Crippen LogP contribution in [0, 0.1) is 0 Å². The summed E-state index contributed by atoms with van der Waals surface area (Å²) in [5.41, 5.74) is 1.52. The zero-order chi connectivity index (χ0) is 18.0. The Morgan fingerprint density at radius 3 is 2.88 bits per heavy atom. The zero-order valence-corrected chi connectivity index (χ0v) is 15.5. The summed E-state index contributed by atoms with van der Waals surface area (Å²) < 4.78 is 1.70. The van der Waals surface area contributed by atoms with Crippen molar-refractivity contribution in [2.75, 3.05) is 33.2 Å². The molecule has 0 bridgehead atoms. The van der Waals surface area contributed by atoms with Gasteiger partial charge >= 0.3 is 0 Å². The highest BCUT2D eigenvalue weighted by molar-refractivity contribution is 5.93. The van der Waals surface area contributed by atoms with Crippen LogP contribution in [0.2, 0.25) is 0 Å². The number of carbonyl (C=O) groups excluding carboxylic acids is 2. The van der Waals surface area contributed by atoms with Gasteiger partial charge < -0.3 is 10.2 Å². The molecule has 7 nitrogen and oxygen atoms in total. The van der Waals surface area contributed by atoms with Crippen LogP contribution < -0.4 is 5.32 Å². The second-order valence-corrected chi connectivity index (χ2v) is 7.37. The van der Waals surface area contributed by atoms with Gasteiger partial charge in [-0.25, -0.2) is 0 Å². The quantitative estimate of drug-likeness (QED) is 0.878. The molecule has 2 aliphatic heterocycles. The van der Waals surface area contributed by atoms with Crippen LogP contribution in [0.25, 0.3) is 0 Å². The largest absolute Gasteiger partial charge is 0.356 e. The van der Waals surface area contributed by atoms with Gasteiger partial charge in [0.25, 0.3) is 5.91 Å². The molecule has 3 heterocycles. The fourth-order valence-electron chi connectivity index (χ4n) is 4.04. The molecule has 0 aromatic carbocycles. The van der Waals surface area contributed by atoms with Gasteiger partial charge in [0.15, 0.2) is 0 Å². The first-order chi connectivity index (χ1) is 11.9. The highest BCUT2D eigenvalue weighted by atomic mass is 16.2. The van der Waals surface area contributed by atoms with E-state index >= 15 is 0 Å². The number of amides is 2. The summed E-state index contributed by atoms with van der Waals surface area (Å²) in [4.78, 5) is 29.1. The molecule has 1 atom stereocenters. The van der Waals surface area contributed by atoms with E-state index in [2.05, 4.69) is 29.3 Å². The van der Waals surface area contributed by atoms with Gasteiger partial charge in [-0.05, 0) is 32.4 Å². The second-order valence-electron chi connectivity index (χ2n) is 7.37. The van der Waals surface area contributed by atoms with Crippen molar-refractivity contribution in [2.45, 2.75) is 44.6 Å². The zero-order valence-electron chi connectivity index (χ0n) is 15.5. The summed E-state index contributed by atoms with van der Waals surface area (Å²) >= 11 is 0. The maximum absolute atomic E-state index is 13.1. The molecule has 1 aromatic heterocycles. The molecule has 0 saturated carbocycles. The fourth-order valence-corrected chi connectivity index (χ4v) is 4.04. The van der Waals surface area contributed by atoms with Gasteiger partial charge in [0.2, 0.25) is 5.91 Å². The first-order valence-corrected chi connectivity index (χ1v) is 9.25. The SMILES string of the molecule is CCCc1cc(C(=O)N2CCN(C)[C@@]3(CCNC(=O)CC3)C2)n(C)n1. The Morgan fingerprint density at radius 1 is 1.32 bits per heavy atom. The third kappa shape index (κ3) is 3.56. The lowest BCUT2D eigenvalue weighted by Gasteiger charge is -2.49. The Morgan fingerprint density at radius 2 is 2.12 bits per heavy atom. The summed E-state index contributed by atoms with van der Waals surface area (Å²) in [5, 5.41) is 7.42. The lowest BCUT2D eigenvalue weighted by Crippen LogP contribution is -2.62. The van der Waals surface area contributed by atoms with E-state index in [-0.39, 0.29) is 17.4 Å². The predicted octanol–water partition coefficient (Wildman–Crippen LogP) is 0.799. The van der Waals surface area contributed by atoms with Crippen molar-refractivity contribution in [1.82, 2.24) is 24.9 Å². The molecule has 0 aliphatic carbocycles. The van der Waals surface area contributed by atoms with Gasteiger partial charge in [-0.3, -0.25) is 19.2 Å². The van der Waals surface area contributed by atoms with Crippen molar-refractivity contribution >= 4 is 11.8 Å². The number of aromatic nitrogens is 2.